The molecular formula is C10H6BrFN2O3. The number of benzene rings is 1. The summed E-state index contributed by atoms with van der Waals surface area (Å²) in [7, 11) is 0. The van der Waals surface area contributed by atoms with Crippen molar-refractivity contribution in [2.75, 3.05) is 0 Å². The summed E-state index contributed by atoms with van der Waals surface area (Å²) >= 11 is 2.99. The number of phenolic OH excluding ortho intramolecular Hbond substituents is 1. The van der Waals surface area contributed by atoms with Crippen molar-refractivity contribution in [3.05, 3.63) is 34.2 Å². The summed E-state index contributed by atoms with van der Waals surface area (Å²) in [6, 6.07) is 3.79. The fourth-order valence-electron chi connectivity index (χ4n) is 1.29. The summed E-state index contributed by atoms with van der Waals surface area (Å²) in [5, 5.41) is 24.0. The molecule has 1 aromatic carbocycles. The van der Waals surface area contributed by atoms with Gasteiger partial charge in [-0.2, -0.15) is 5.10 Å². The second-order valence-electron chi connectivity index (χ2n) is 3.26. The highest BCUT2D eigenvalue weighted by atomic mass is 79.9. The second kappa shape index (κ2) is 4.17. The Morgan fingerprint density at radius 2 is 2.12 bits per heavy atom. The smallest absolute Gasteiger partial charge is 0.353 e. The van der Waals surface area contributed by atoms with Crippen LogP contribution in [0.2, 0.25) is 0 Å². The molecule has 88 valence electrons. The highest BCUT2D eigenvalue weighted by molar-refractivity contribution is 9.10. The number of nitrogens with zero attached hydrogens (tertiary/aromatic N) is 1. The maximum Gasteiger partial charge on any atom is 0.353 e. The Labute approximate surface area is 103 Å². The van der Waals surface area contributed by atoms with Gasteiger partial charge in [0.15, 0.2) is 11.6 Å². The maximum absolute atomic E-state index is 13.3. The first-order chi connectivity index (χ1) is 7.99. The average Bonchev–Trinajstić information content (AvgIpc) is 2.74. The molecule has 2 aromatic rings. The number of hydrogen-bond acceptors (Lipinski definition) is 3. The van der Waals surface area contributed by atoms with E-state index in [-0.39, 0.29) is 15.9 Å². The molecule has 0 amide bonds. The van der Waals surface area contributed by atoms with E-state index in [1.54, 1.807) is 0 Å². The quantitative estimate of drug-likeness (QED) is 0.795. The molecule has 0 bridgehead atoms. The van der Waals surface area contributed by atoms with Gasteiger partial charge >= 0.3 is 5.97 Å². The number of carbonyl (C=O) groups is 1. The van der Waals surface area contributed by atoms with Gasteiger partial charge < -0.3 is 10.2 Å². The van der Waals surface area contributed by atoms with Crippen molar-refractivity contribution >= 4 is 21.9 Å². The standard InChI is InChI=1S/C10H6BrFN2O3/c11-5-1-4(2-6(12)9(5)15)7-3-8(10(16)17)14-13-7/h1-3,15H,(H,13,14)(H,16,17). The number of H-pyrrole nitrogens is 1. The number of aromatic hydroxyl groups is 1. The minimum absolute atomic E-state index is 0.0930. The fraction of sp³-hybridized carbons (Fsp3) is 0. The molecule has 0 fully saturated rings. The molecule has 0 spiro atoms. The van der Waals surface area contributed by atoms with Crippen molar-refractivity contribution in [3.8, 4) is 17.0 Å². The molecule has 5 nitrogen and oxygen atoms in total. The minimum atomic E-state index is -1.15. The summed E-state index contributed by atoms with van der Waals surface area (Å²) in [6.07, 6.45) is 0. The summed E-state index contributed by atoms with van der Waals surface area (Å²) in [5.41, 5.74) is 0.544. The van der Waals surface area contributed by atoms with Crippen molar-refractivity contribution in [3.63, 3.8) is 0 Å². The number of rotatable bonds is 2. The zero-order valence-electron chi connectivity index (χ0n) is 8.24. The van der Waals surface area contributed by atoms with Crippen LogP contribution in [0, 0.1) is 5.82 Å². The summed E-state index contributed by atoms with van der Waals surface area (Å²) in [5.74, 6) is -2.46. The maximum atomic E-state index is 13.3. The molecule has 0 unspecified atom stereocenters. The van der Waals surface area contributed by atoms with Crippen LogP contribution < -0.4 is 0 Å². The summed E-state index contributed by atoms with van der Waals surface area (Å²) in [4.78, 5) is 10.6. The number of halogens is 2. The lowest BCUT2D eigenvalue weighted by atomic mass is 10.1. The van der Waals surface area contributed by atoms with Crippen molar-refractivity contribution in [1.82, 2.24) is 10.2 Å². The van der Waals surface area contributed by atoms with Gasteiger partial charge in [-0.05, 0) is 34.1 Å². The van der Waals surface area contributed by atoms with Crippen LogP contribution in [0.5, 0.6) is 5.75 Å². The van der Waals surface area contributed by atoms with E-state index < -0.39 is 17.5 Å². The SMILES string of the molecule is O=C(O)c1cc(-c2cc(F)c(O)c(Br)c2)n[nH]1. The molecule has 3 N–H and O–H groups in total. The fourth-order valence-corrected chi connectivity index (χ4v) is 1.73. The molecule has 0 aliphatic rings. The third-order valence-corrected chi connectivity index (χ3v) is 2.73. The predicted octanol–water partition coefficient (Wildman–Crippen LogP) is 2.38. The first-order valence-corrected chi connectivity index (χ1v) is 5.25. The van der Waals surface area contributed by atoms with Gasteiger partial charge in [-0.1, -0.05) is 0 Å². The van der Waals surface area contributed by atoms with E-state index in [0.717, 1.165) is 6.07 Å². The van der Waals surface area contributed by atoms with Gasteiger partial charge in [0.1, 0.15) is 5.69 Å². The van der Waals surface area contributed by atoms with Crippen LogP contribution in [0.15, 0.2) is 22.7 Å². The molecule has 0 saturated heterocycles. The lowest BCUT2D eigenvalue weighted by Crippen LogP contribution is -1.95. The van der Waals surface area contributed by atoms with E-state index in [1.807, 2.05) is 0 Å². The van der Waals surface area contributed by atoms with Gasteiger partial charge in [0.2, 0.25) is 0 Å². The average molecular weight is 301 g/mol. The highest BCUT2D eigenvalue weighted by Gasteiger charge is 2.13. The van der Waals surface area contributed by atoms with Crippen LogP contribution in [-0.4, -0.2) is 26.4 Å². The number of nitrogens with one attached hydrogen (secondary N) is 1. The number of carboxylic acid groups (broad SMARTS) is 1. The number of aromatic nitrogens is 2. The zero-order valence-corrected chi connectivity index (χ0v) is 9.82. The predicted molar refractivity (Wildman–Crippen MR) is 60.3 cm³/mol. The number of aromatic carboxylic acids is 1. The van der Waals surface area contributed by atoms with Gasteiger partial charge in [0.25, 0.3) is 0 Å². The minimum Gasteiger partial charge on any atom is -0.504 e. The van der Waals surface area contributed by atoms with Crippen LogP contribution in [0.3, 0.4) is 0 Å². The first-order valence-electron chi connectivity index (χ1n) is 4.46. The number of hydrogen-bond donors (Lipinski definition) is 3. The van der Waals surface area contributed by atoms with Crippen LogP contribution in [0.1, 0.15) is 10.5 Å². The Bertz CT molecular complexity index is 574. The Morgan fingerprint density at radius 3 is 2.65 bits per heavy atom. The molecular weight excluding hydrogens is 295 g/mol. The van der Waals surface area contributed by atoms with E-state index >= 15 is 0 Å². The molecule has 7 heteroatoms. The molecule has 1 heterocycles. The number of phenols is 1. The highest BCUT2D eigenvalue weighted by Crippen LogP contribution is 2.32. The van der Waals surface area contributed by atoms with E-state index in [9.17, 15) is 14.3 Å². The Morgan fingerprint density at radius 1 is 1.41 bits per heavy atom. The molecule has 0 saturated carbocycles. The van der Waals surface area contributed by atoms with E-state index in [0.29, 0.717) is 5.56 Å². The second-order valence-corrected chi connectivity index (χ2v) is 4.11. The van der Waals surface area contributed by atoms with Crippen LogP contribution >= 0.6 is 15.9 Å². The van der Waals surface area contributed by atoms with Crippen LogP contribution in [0.4, 0.5) is 4.39 Å². The van der Waals surface area contributed by atoms with Gasteiger partial charge in [0, 0.05) is 5.56 Å². The normalized spacial score (nSPS) is 10.5. The van der Waals surface area contributed by atoms with Crippen molar-refractivity contribution < 1.29 is 19.4 Å². The van der Waals surface area contributed by atoms with Gasteiger partial charge in [-0.25, -0.2) is 9.18 Å². The topological polar surface area (TPSA) is 86.2 Å². The first kappa shape index (κ1) is 11.6. The number of carboxylic acids is 1. The lowest BCUT2D eigenvalue weighted by molar-refractivity contribution is 0.0690. The van der Waals surface area contributed by atoms with E-state index in [4.69, 9.17) is 5.11 Å². The van der Waals surface area contributed by atoms with E-state index in [1.165, 1.54) is 12.1 Å². The van der Waals surface area contributed by atoms with E-state index in [2.05, 4.69) is 26.1 Å². The van der Waals surface area contributed by atoms with Crippen molar-refractivity contribution in [1.29, 1.82) is 0 Å². The summed E-state index contributed by atoms with van der Waals surface area (Å²) < 4.78 is 13.4. The molecule has 0 radical (unpaired) electrons. The zero-order chi connectivity index (χ0) is 12.6. The molecule has 0 aliphatic carbocycles. The Kier molecular flexibility index (Phi) is 2.84. The Hall–Kier alpha value is -1.89. The van der Waals surface area contributed by atoms with Gasteiger partial charge in [-0.15, -0.1) is 0 Å². The third-order valence-electron chi connectivity index (χ3n) is 2.12. The molecule has 1 aromatic heterocycles. The molecule has 17 heavy (non-hydrogen) atoms. The lowest BCUT2D eigenvalue weighted by Gasteiger charge is -2.01. The monoisotopic (exact) mass is 300 g/mol. The van der Waals surface area contributed by atoms with Gasteiger partial charge in [-0.3, -0.25) is 5.10 Å². The van der Waals surface area contributed by atoms with Crippen LogP contribution in [-0.2, 0) is 0 Å². The van der Waals surface area contributed by atoms with Crippen molar-refractivity contribution in [2.45, 2.75) is 0 Å². The number of aromatic amines is 1. The largest absolute Gasteiger partial charge is 0.504 e. The molecule has 2 rings (SSSR count). The Balaban J connectivity index is 2.49. The summed E-state index contributed by atoms with van der Waals surface area (Å²) in [6.45, 7) is 0. The molecule has 0 aliphatic heterocycles. The van der Waals surface area contributed by atoms with Gasteiger partial charge in [0.05, 0.1) is 10.2 Å². The van der Waals surface area contributed by atoms with Crippen LogP contribution in [0.25, 0.3) is 11.3 Å². The van der Waals surface area contributed by atoms with Crippen molar-refractivity contribution in [2.24, 2.45) is 0 Å². The molecule has 0 atom stereocenters. The third kappa shape index (κ3) is 2.14.